The summed E-state index contributed by atoms with van der Waals surface area (Å²) in [7, 11) is 0. The van der Waals surface area contributed by atoms with Gasteiger partial charge in [-0.3, -0.25) is 0 Å². The first-order valence-electron chi connectivity index (χ1n) is 6.94. The fourth-order valence-electron chi connectivity index (χ4n) is 2.15. The Balaban J connectivity index is 2.18. The fraction of sp³-hybridized carbons (Fsp3) is 0.467. The van der Waals surface area contributed by atoms with Gasteiger partial charge in [0.25, 0.3) is 0 Å². The van der Waals surface area contributed by atoms with Gasteiger partial charge in [-0.2, -0.15) is 4.98 Å². The second-order valence-electron chi connectivity index (χ2n) is 4.83. The lowest BCUT2D eigenvalue weighted by Gasteiger charge is -2.08. The topological polar surface area (TPSA) is 64.9 Å². The lowest BCUT2D eigenvalue weighted by molar-refractivity contribution is 0.340. The predicted molar refractivity (Wildman–Crippen MR) is 76.7 cm³/mol. The van der Waals surface area contributed by atoms with Gasteiger partial charge in [-0.1, -0.05) is 44.0 Å². The lowest BCUT2D eigenvalue weighted by atomic mass is 9.99. The van der Waals surface area contributed by atoms with Crippen LogP contribution in [-0.4, -0.2) is 10.1 Å². The van der Waals surface area contributed by atoms with Gasteiger partial charge in [0.15, 0.2) is 0 Å². The number of unbranched alkanes of at least 4 members (excludes halogenated alkanes) is 1. The smallest absolute Gasteiger partial charge is 0.230 e. The molecule has 0 amide bonds. The number of hydrogen-bond acceptors (Lipinski definition) is 4. The zero-order valence-corrected chi connectivity index (χ0v) is 11.6. The molecule has 0 fully saturated rings. The number of nitrogen functional groups attached to an aromatic ring is 1. The zero-order chi connectivity index (χ0) is 13.7. The van der Waals surface area contributed by atoms with Crippen molar-refractivity contribution < 1.29 is 4.52 Å². The quantitative estimate of drug-likeness (QED) is 0.796. The fourth-order valence-corrected chi connectivity index (χ4v) is 2.15. The van der Waals surface area contributed by atoms with Crippen molar-refractivity contribution in [2.24, 2.45) is 0 Å². The molecule has 102 valence electrons. The molecule has 0 aliphatic rings. The first-order valence-corrected chi connectivity index (χ1v) is 6.94. The molecule has 0 radical (unpaired) electrons. The first kappa shape index (κ1) is 13.6. The van der Waals surface area contributed by atoms with Crippen LogP contribution in [0.1, 0.15) is 51.3 Å². The molecule has 0 aliphatic heterocycles. The molecule has 0 spiro atoms. The van der Waals surface area contributed by atoms with Gasteiger partial charge < -0.3 is 10.3 Å². The average molecular weight is 259 g/mol. The van der Waals surface area contributed by atoms with Crippen LogP contribution in [0.2, 0.25) is 0 Å². The van der Waals surface area contributed by atoms with Crippen molar-refractivity contribution in [2.45, 2.75) is 45.4 Å². The van der Waals surface area contributed by atoms with E-state index in [9.17, 15) is 0 Å². The molecule has 19 heavy (non-hydrogen) atoms. The summed E-state index contributed by atoms with van der Waals surface area (Å²) < 4.78 is 5.41. The molecule has 0 saturated heterocycles. The van der Waals surface area contributed by atoms with E-state index in [1.807, 2.05) is 24.3 Å². The number of benzene rings is 1. The normalized spacial score (nSPS) is 12.5. The third kappa shape index (κ3) is 3.34. The van der Waals surface area contributed by atoms with Crippen LogP contribution in [0.5, 0.6) is 0 Å². The molecular formula is C15H21N3O. The third-order valence-electron chi connectivity index (χ3n) is 3.33. The number of anilines is 1. The van der Waals surface area contributed by atoms with E-state index in [-0.39, 0.29) is 0 Å². The monoisotopic (exact) mass is 259 g/mol. The van der Waals surface area contributed by atoms with E-state index < -0.39 is 0 Å². The van der Waals surface area contributed by atoms with Crippen LogP contribution in [0.4, 0.5) is 5.69 Å². The highest BCUT2D eigenvalue weighted by Gasteiger charge is 2.17. The minimum Gasteiger partial charge on any atom is -0.399 e. The largest absolute Gasteiger partial charge is 0.399 e. The van der Waals surface area contributed by atoms with Crippen LogP contribution >= 0.6 is 0 Å². The zero-order valence-electron chi connectivity index (χ0n) is 11.6. The molecule has 1 heterocycles. The van der Waals surface area contributed by atoms with Gasteiger partial charge >= 0.3 is 0 Å². The van der Waals surface area contributed by atoms with Crippen LogP contribution in [-0.2, 0) is 0 Å². The van der Waals surface area contributed by atoms with Crippen molar-refractivity contribution in [2.75, 3.05) is 5.73 Å². The standard InChI is InChI=1S/C15H21N3O/c1-3-5-7-11(4-2)15-17-14(18-19-15)12-8-6-9-13(16)10-12/h6,8-11H,3-5,7,16H2,1-2H3. The molecule has 0 saturated carbocycles. The summed E-state index contributed by atoms with van der Waals surface area (Å²) in [6.45, 7) is 4.35. The van der Waals surface area contributed by atoms with Crippen molar-refractivity contribution in [1.82, 2.24) is 10.1 Å². The van der Waals surface area contributed by atoms with Crippen molar-refractivity contribution >= 4 is 5.69 Å². The van der Waals surface area contributed by atoms with Crippen molar-refractivity contribution in [3.05, 3.63) is 30.2 Å². The van der Waals surface area contributed by atoms with Gasteiger partial charge in [-0.25, -0.2) is 0 Å². The molecule has 0 bridgehead atoms. The van der Waals surface area contributed by atoms with Crippen molar-refractivity contribution in [3.63, 3.8) is 0 Å². The molecule has 1 aromatic heterocycles. The Labute approximate surface area is 114 Å². The number of aromatic nitrogens is 2. The average Bonchev–Trinajstić information content (AvgIpc) is 2.89. The maximum atomic E-state index is 5.77. The van der Waals surface area contributed by atoms with E-state index in [1.165, 1.54) is 12.8 Å². The predicted octanol–water partition coefficient (Wildman–Crippen LogP) is 4.00. The van der Waals surface area contributed by atoms with Crippen LogP contribution in [0.15, 0.2) is 28.8 Å². The Morgan fingerprint density at radius 2 is 2.16 bits per heavy atom. The van der Waals surface area contributed by atoms with Crippen LogP contribution in [0.25, 0.3) is 11.4 Å². The van der Waals surface area contributed by atoms with Crippen molar-refractivity contribution in [3.8, 4) is 11.4 Å². The van der Waals surface area contributed by atoms with Crippen molar-refractivity contribution in [1.29, 1.82) is 0 Å². The van der Waals surface area contributed by atoms with E-state index in [4.69, 9.17) is 10.3 Å². The highest BCUT2D eigenvalue weighted by molar-refractivity contribution is 5.60. The number of hydrogen-bond donors (Lipinski definition) is 1. The Morgan fingerprint density at radius 3 is 2.84 bits per heavy atom. The van der Waals surface area contributed by atoms with E-state index in [2.05, 4.69) is 24.0 Å². The molecule has 1 unspecified atom stereocenters. The Kier molecular flexibility index (Phi) is 4.55. The second kappa shape index (κ2) is 6.36. The van der Waals surface area contributed by atoms with E-state index >= 15 is 0 Å². The van der Waals surface area contributed by atoms with Crippen LogP contribution in [0, 0.1) is 0 Å². The molecular weight excluding hydrogens is 238 g/mol. The summed E-state index contributed by atoms with van der Waals surface area (Å²) in [5.74, 6) is 1.73. The highest BCUT2D eigenvalue weighted by atomic mass is 16.5. The van der Waals surface area contributed by atoms with Crippen LogP contribution in [0.3, 0.4) is 0 Å². The maximum Gasteiger partial charge on any atom is 0.230 e. The summed E-state index contributed by atoms with van der Waals surface area (Å²) >= 11 is 0. The van der Waals surface area contributed by atoms with Gasteiger partial charge in [-0.15, -0.1) is 0 Å². The molecule has 0 aliphatic carbocycles. The SMILES string of the molecule is CCCCC(CC)c1nc(-c2cccc(N)c2)no1. The minimum absolute atomic E-state index is 0.363. The molecule has 4 heteroatoms. The summed E-state index contributed by atoms with van der Waals surface area (Å²) in [6, 6.07) is 7.55. The lowest BCUT2D eigenvalue weighted by Crippen LogP contribution is -1.97. The van der Waals surface area contributed by atoms with Crippen LogP contribution < -0.4 is 5.73 Å². The number of nitrogens with two attached hydrogens (primary N) is 1. The molecule has 1 aromatic carbocycles. The van der Waals surface area contributed by atoms with Gasteiger partial charge in [0.1, 0.15) is 0 Å². The summed E-state index contributed by atoms with van der Waals surface area (Å²) in [4.78, 5) is 4.51. The number of nitrogens with zero attached hydrogens (tertiary/aromatic N) is 2. The van der Waals surface area contributed by atoms with Gasteiger partial charge in [0, 0.05) is 17.2 Å². The Bertz CT molecular complexity index is 522. The van der Waals surface area contributed by atoms with Gasteiger partial charge in [0.2, 0.25) is 11.7 Å². The Hall–Kier alpha value is -1.84. The molecule has 2 aromatic rings. The Morgan fingerprint density at radius 1 is 1.32 bits per heavy atom. The van der Waals surface area contributed by atoms with Gasteiger partial charge in [0.05, 0.1) is 0 Å². The van der Waals surface area contributed by atoms with E-state index in [1.54, 1.807) is 0 Å². The van der Waals surface area contributed by atoms with E-state index in [0.29, 0.717) is 17.4 Å². The second-order valence-corrected chi connectivity index (χ2v) is 4.83. The molecule has 4 nitrogen and oxygen atoms in total. The molecule has 2 rings (SSSR count). The molecule has 2 N–H and O–H groups in total. The summed E-state index contributed by atoms with van der Waals surface area (Å²) in [5.41, 5.74) is 7.38. The number of rotatable bonds is 6. The minimum atomic E-state index is 0.363. The first-order chi connectivity index (χ1) is 9.24. The van der Waals surface area contributed by atoms with E-state index in [0.717, 1.165) is 24.3 Å². The summed E-state index contributed by atoms with van der Waals surface area (Å²) in [5, 5.41) is 4.06. The molecule has 1 atom stereocenters. The summed E-state index contributed by atoms with van der Waals surface area (Å²) in [6.07, 6.45) is 4.51. The van der Waals surface area contributed by atoms with Gasteiger partial charge in [-0.05, 0) is 25.0 Å². The third-order valence-corrected chi connectivity index (χ3v) is 3.33. The highest BCUT2D eigenvalue weighted by Crippen LogP contribution is 2.26. The maximum absolute atomic E-state index is 5.77.